The van der Waals surface area contributed by atoms with Crippen molar-refractivity contribution >= 4 is 5.78 Å². The van der Waals surface area contributed by atoms with Crippen molar-refractivity contribution < 1.29 is 4.79 Å². The van der Waals surface area contributed by atoms with Gasteiger partial charge in [-0.1, -0.05) is 25.0 Å². The van der Waals surface area contributed by atoms with Crippen LogP contribution in [0.5, 0.6) is 0 Å². The molecule has 1 heteroatoms. The highest BCUT2D eigenvalue weighted by Crippen LogP contribution is 2.35. The Hall–Kier alpha value is -0.590. The number of carbonyl (C=O) groups excluding carboxylic acids is 1. The van der Waals surface area contributed by atoms with Gasteiger partial charge in [-0.05, 0) is 44.9 Å². The van der Waals surface area contributed by atoms with E-state index in [2.05, 4.69) is 20.8 Å². The summed E-state index contributed by atoms with van der Waals surface area (Å²) in [5.41, 5.74) is 3.12. The topological polar surface area (TPSA) is 17.1 Å². The number of carbonyl (C=O) groups is 1. The van der Waals surface area contributed by atoms with Crippen molar-refractivity contribution in [2.24, 2.45) is 11.8 Å². The summed E-state index contributed by atoms with van der Waals surface area (Å²) in [6.07, 6.45) is 4.62. The molecule has 0 bridgehead atoms. The van der Waals surface area contributed by atoms with Gasteiger partial charge >= 0.3 is 0 Å². The first-order chi connectivity index (χ1) is 6.52. The van der Waals surface area contributed by atoms with E-state index in [1.54, 1.807) is 12.5 Å². The lowest BCUT2D eigenvalue weighted by molar-refractivity contribution is -0.117. The van der Waals surface area contributed by atoms with E-state index in [9.17, 15) is 4.79 Å². The highest BCUT2D eigenvalue weighted by atomic mass is 16.1. The molecule has 1 rings (SSSR count). The van der Waals surface area contributed by atoms with Crippen LogP contribution in [0.15, 0.2) is 11.1 Å². The lowest BCUT2D eigenvalue weighted by atomic mass is 9.77. The van der Waals surface area contributed by atoms with Crippen molar-refractivity contribution in [2.45, 2.75) is 53.4 Å². The normalized spacial score (nSPS) is 17.9. The van der Waals surface area contributed by atoms with E-state index in [1.165, 1.54) is 24.8 Å². The summed E-state index contributed by atoms with van der Waals surface area (Å²) < 4.78 is 0. The van der Waals surface area contributed by atoms with Gasteiger partial charge in [-0.2, -0.15) is 0 Å². The molecule has 0 saturated heterocycles. The maximum Gasteiger partial charge on any atom is 0.130 e. The molecule has 0 aliphatic heterocycles. The van der Waals surface area contributed by atoms with E-state index in [0.29, 0.717) is 17.6 Å². The summed E-state index contributed by atoms with van der Waals surface area (Å²) in [4.78, 5) is 11.2. The van der Waals surface area contributed by atoms with E-state index in [1.807, 2.05) is 0 Å². The summed E-state index contributed by atoms with van der Waals surface area (Å²) in [5.74, 6) is 1.40. The molecule has 0 aromatic heterocycles. The van der Waals surface area contributed by atoms with Crippen molar-refractivity contribution in [1.82, 2.24) is 0 Å². The number of allylic oxidation sites excluding steroid dienone is 2. The molecule has 1 nitrogen and oxygen atoms in total. The number of Topliss-reactive ketones (excluding diaryl/α,β-unsaturated/α-hetero) is 1. The maximum absolute atomic E-state index is 11.2. The second kappa shape index (κ2) is 4.77. The molecule has 0 amide bonds. The Labute approximate surface area is 87.6 Å². The lowest BCUT2D eigenvalue weighted by Crippen LogP contribution is -2.17. The van der Waals surface area contributed by atoms with E-state index in [0.717, 1.165) is 6.42 Å². The number of hydrogen-bond acceptors (Lipinski definition) is 1. The standard InChI is InChI=1S/C13H22O/c1-9(2)13(8-10(3)14)11(4)12-6-5-7-12/h9,13H,5-8H2,1-4H3. The van der Waals surface area contributed by atoms with Gasteiger partial charge in [0.05, 0.1) is 0 Å². The van der Waals surface area contributed by atoms with Gasteiger partial charge in [0, 0.05) is 6.42 Å². The van der Waals surface area contributed by atoms with Crippen LogP contribution in [0.4, 0.5) is 0 Å². The van der Waals surface area contributed by atoms with Crippen molar-refractivity contribution in [1.29, 1.82) is 0 Å². The maximum atomic E-state index is 11.2. The van der Waals surface area contributed by atoms with E-state index in [-0.39, 0.29) is 0 Å². The summed E-state index contributed by atoms with van der Waals surface area (Å²) >= 11 is 0. The lowest BCUT2D eigenvalue weighted by Gasteiger charge is -2.28. The molecule has 0 radical (unpaired) electrons. The molecule has 0 heterocycles. The number of hydrogen-bond donors (Lipinski definition) is 0. The van der Waals surface area contributed by atoms with Gasteiger partial charge in [0.25, 0.3) is 0 Å². The molecule has 1 aliphatic carbocycles. The van der Waals surface area contributed by atoms with E-state index >= 15 is 0 Å². The van der Waals surface area contributed by atoms with Crippen molar-refractivity contribution in [2.75, 3.05) is 0 Å². The zero-order chi connectivity index (χ0) is 10.7. The molecule has 1 atom stereocenters. The number of rotatable bonds is 4. The molecule has 80 valence electrons. The first kappa shape index (κ1) is 11.5. The van der Waals surface area contributed by atoms with Gasteiger partial charge in [-0.25, -0.2) is 0 Å². The van der Waals surface area contributed by atoms with Crippen molar-refractivity contribution in [3.63, 3.8) is 0 Å². The molecule has 1 aliphatic rings. The Balaban J connectivity index is 2.71. The third kappa shape index (κ3) is 2.70. The van der Waals surface area contributed by atoms with Gasteiger partial charge in [0.15, 0.2) is 0 Å². The van der Waals surface area contributed by atoms with Crippen LogP contribution in [0.1, 0.15) is 53.4 Å². The van der Waals surface area contributed by atoms with Crippen LogP contribution >= 0.6 is 0 Å². The second-order valence-electron chi connectivity index (χ2n) is 4.90. The molecule has 1 saturated carbocycles. The average molecular weight is 194 g/mol. The third-order valence-electron chi connectivity index (χ3n) is 3.38. The van der Waals surface area contributed by atoms with Crippen molar-refractivity contribution in [3.8, 4) is 0 Å². The van der Waals surface area contributed by atoms with Gasteiger partial charge in [0.2, 0.25) is 0 Å². The first-order valence-corrected chi connectivity index (χ1v) is 5.70. The van der Waals surface area contributed by atoms with E-state index < -0.39 is 0 Å². The summed E-state index contributed by atoms with van der Waals surface area (Å²) in [6, 6.07) is 0. The van der Waals surface area contributed by atoms with Crippen LogP contribution in [-0.4, -0.2) is 5.78 Å². The predicted octanol–water partition coefficient (Wildman–Crippen LogP) is 3.74. The molecular formula is C13H22O. The van der Waals surface area contributed by atoms with Gasteiger partial charge in [-0.3, -0.25) is 0 Å². The van der Waals surface area contributed by atoms with Crippen LogP contribution in [-0.2, 0) is 4.79 Å². The average Bonchev–Trinajstić information content (AvgIpc) is 1.95. The fourth-order valence-corrected chi connectivity index (χ4v) is 2.21. The molecule has 1 fully saturated rings. The zero-order valence-electron chi connectivity index (χ0n) is 9.89. The summed E-state index contributed by atoms with van der Waals surface area (Å²) in [5, 5.41) is 0. The van der Waals surface area contributed by atoms with Crippen LogP contribution < -0.4 is 0 Å². The Morgan fingerprint density at radius 2 is 1.86 bits per heavy atom. The quantitative estimate of drug-likeness (QED) is 0.623. The molecule has 0 spiro atoms. The molecule has 1 unspecified atom stereocenters. The smallest absolute Gasteiger partial charge is 0.130 e. The van der Waals surface area contributed by atoms with Crippen LogP contribution in [0, 0.1) is 11.8 Å². The van der Waals surface area contributed by atoms with E-state index in [4.69, 9.17) is 0 Å². The highest BCUT2D eigenvalue weighted by Gasteiger charge is 2.22. The van der Waals surface area contributed by atoms with Gasteiger partial charge in [0.1, 0.15) is 5.78 Å². The fourth-order valence-electron chi connectivity index (χ4n) is 2.21. The minimum absolute atomic E-state index is 0.322. The summed E-state index contributed by atoms with van der Waals surface area (Å²) in [7, 11) is 0. The predicted molar refractivity (Wildman–Crippen MR) is 60.2 cm³/mol. The largest absolute Gasteiger partial charge is 0.300 e. The van der Waals surface area contributed by atoms with Crippen molar-refractivity contribution in [3.05, 3.63) is 11.1 Å². The van der Waals surface area contributed by atoms with Crippen LogP contribution in [0.25, 0.3) is 0 Å². The van der Waals surface area contributed by atoms with Crippen LogP contribution in [0.2, 0.25) is 0 Å². The minimum atomic E-state index is 0.322. The Morgan fingerprint density at radius 3 is 2.14 bits per heavy atom. The molecule has 0 N–H and O–H groups in total. The molecule has 0 aromatic carbocycles. The van der Waals surface area contributed by atoms with Gasteiger partial charge in [-0.15, -0.1) is 0 Å². The monoisotopic (exact) mass is 194 g/mol. The SMILES string of the molecule is CC(=O)CC(C(C)=C1CCC1)C(C)C. The minimum Gasteiger partial charge on any atom is -0.300 e. The van der Waals surface area contributed by atoms with Crippen LogP contribution in [0.3, 0.4) is 0 Å². The highest BCUT2D eigenvalue weighted by molar-refractivity contribution is 5.76. The molecule has 0 aromatic rings. The number of ketones is 1. The summed E-state index contributed by atoms with van der Waals surface area (Å²) in [6.45, 7) is 8.36. The zero-order valence-corrected chi connectivity index (χ0v) is 9.89. The third-order valence-corrected chi connectivity index (χ3v) is 3.38. The Bertz CT molecular complexity index is 242. The molecular weight excluding hydrogens is 172 g/mol. The fraction of sp³-hybridized carbons (Fsp3) is 0.769. The first-order valence-electron chi connectivity index (χ1n) is 5.70. The Morgan fingerprint density at radius 1 is 1.29 bits per heavy atom. The van der Waals surface area contributed by atoms with Gasteiger partial charge < -0.3 is 4.79 Å². The molecule has 14 heavy (non-hydrogen) atoms. The second-order valence-corrected chi connectivity index (χ2v) is 4.90. The Kier molecular flexibility index (Phi) is 3.91.